The second kappa shape index (κ2) is 11.9. The van der Waals surface area contributed by atoms with E-state index in [9.17, 15) is 23.5 Å². The maximum Gasteiger partial charge on any atom is 0.258 e. The first-order valence-electron chi connectivity index (χ1n) is 9.01. The molecular formula is C20H21ClF2N2O5. The molecule has 7 nitrogen and oxygen atoms in total. The summed E-state index contributed by atoms with van der Waals surface area (Å²) in [5.41, 5.74) is 0. The Balaban J connectivity index is 1.56. The highest BCUT2D eigenvalue weighted by Crippen LogP contribution is 2.16. The molecule has 0 saturated carbocycles. The summed E-state index contributed by atoms with van der Waals surface area (Å²) in [5, 5.41) is 15.4. The lowest BCUT2D eigenvalue weighted by Crippen LogP contribution is -2.37. The number of hydrogen-bond donors (Lipinski definition) is 3. The molecule has 0 fully saturated rings. The fourth-order valence-electron chi connectivity index (χ4n) is 2.21. The van der Waals surface area contributed by atoms with Crippen molar-refractivity contribution in [2.75, 3.05) is 26.3 Å². The van der Waals surface area contributed by atoms with Crippen molar-refractivity contribution in [3.63, 3.8) is 0 Å². The van der Waals surface area contributed by atoms with Crippen LogP contribution in [0, 0.1) is 11.6 Å². The molecule has 0 unspecified atom stereocenters. The largest absolute Gasteiger partial charge is 0.484 e. The van der Waals surface area contributed by atoms with Gasteiger partial charge in [-0.15, -0.1) is 0 Å². The Morgan fingerprint density at radius 2 is 1.53 bits per heavy atom. The van der Waals surface area contributed by atoms with Gasteiger partial charge in [0.15, 0.2) is 24.8 Å². The summed E-state index contributed by atoms with van der Waals surface area (Å²) in [6, 6.07) is 9.47. The number of rotatable bonds is 11. The Bertz CT molecular complexity index is 852. The van der Waals surface area contributed by atoms with Crippen LogP contribution in [0.15, 0.2) is 42.5 Å². The first-order valence-corrected chi connectivity index (χ1v) is 9.39. The van der Waals surface area contributed by atoms with Crippen LogP contribution in [0.4, 0.5) is 8.78 Å². The molecule has 0 radical (unpaired) electrons. The van der Waals surface area contributed by atoms with Gasteiger partial charge in [0, 0.05) is 24.2 Å². The smallest absolute Gasteiger partial charge is 0.258 e. The minimum absolute atomic E-state index is 0.00753. The van der Waals surface area contributed by atoms with Crippen molar-refractivity contribution >= 4 is 23.4 Å². The van der Waals surface area contributed by atoms with Gasteiger partial charge in [-0.05, 0) is 42.8 Å². The molecule has 0 aliphatic carbocycles. The Morgan fingerprint density at radius 3 is 2.20 bits per heavy atom. The van der Waals surface area contributed by atoms with Gasteiger partial charge in [-0.25, -0.2) is 8.78 Å². The van der Waals surface area contributed by atoms with Crippen molar-refractivity contribution in [3.8, 4) is 11.5 Å². The van der Waals surface area contributed by atoms with E-state index in [1.807, 2.05) is 0 Å². The third kappa shape index (κ3) is 8.62. The lowest BCUT2D eigenvalue weighted by Gasteiger charge is -2.13. The molecule has 10 heteroatoms. The standard InChI is InChI=1S/C20H21ClF2N2O5/c21-13-1-3-15(4-2-13)29-11-19(27)24-8-7-14(26)10-25-20(28)12-30-16-5-6-17(22)18(23)9-16/h1-6,9,14,26H,7-8,10-12H2,(H,24,27)(H,25,28)/t14-/m0/s1. The van der Waals surface area contributed by atoms with Gasteiger partial charge < -0.3 is 25.2 Å². The van der Waals surface area contributed by atoms with Gasteiger partial charge in [-0.1, -0.05) is 11.6 Å². The number of amides is 2. The number of aliphatic hydroxyl groups excluding tert-OH is 1. The zero-order valence-electron chi connectivity index (χ0n) is 15.9. The molecule has 162 valence electrons. The highest BCUT2D eigenvalue weighted by Gasteiger charge is 2.10. The number of ether oxygens (including phenoxy) is 2. The van der Waals surface area contributed by atoms with Crippen molar-refractivity contribution < 1.29 is 33.0 Å². The molecule has 2 aromatic rings. The van der Waals surface area contributed by atoms with Crippen LogP contribution in [0.3, 0.4) is 0 Å². The second-order valence-corrected chi connectivity index (χ2v) is 6.64. The number of carbonyl (C=O) groups excluding carboxylic acids is 2. The Morgan fingerprint density at radius 1 is 0.933 bits per heavy atom. The highest BCUT2D eigenvalue weighted by atomic mass is 35.5. The van der Waals surface area contributed by atoms with Crippen LogP contribution in [0.1, 0.15) is 6.42 Å². The number of benzene rings is 2. The third-order valence-electron chi connectivity index (χ3n) is 3.78. The third-order valence-corrected chi connectivity index (χ3v) is 4.03. The Hall–Kier alpha value is -2.91. The van der Waals surface area contributed by atoms with E-state index in [-0.39, 0.29) is 37.8 Å². The van der Waals surface area contributed by atoms with Crippen molar-refractivity contribution in [1.29, 1.82) is 0 Å². The highest BCUT2D eigenvalue weighted by molar-refractivity contribution is 6.30. The maximum absolute atomic E-state index is 13.1. The van der Waals surface area contributed by atoms with Crippen LogP contribution in [-0.2, 0) is 9.59 Å². The zero-order valence-corrected chi connectivity index (χ0v) is 16.6. The summed E-state index contributed by atoms with van der Waals surface area (Å²) in [6.07, 6.45) is -0.688. The van der Waals surface area contributed by atoms with E-state index in [1.54, 1.807) is 24.3 Å². The topological polar surface area (TPSA) is 96.9 Å². The second-order valence-electron chi connectivity index (χ2n) is 6.20. The molecule has 2 rings (SSSR count). The van der Waals surface area contributed by atoms with Crippen molar-refractivity contribution in [2.45, 2.75) is 12.5 Å². The summed E-state index contributed by atoms with van der Waals surface area (Å²) < 4.78 is 36.2. The maximum atomic E-state index is 13.1. The molecule has 0 aromatic heterocycles. The number of aliphatic hydroxyl groups is 1. The van der Waals surface area contributed by atoms with Crippen LogP contribution in [0.5, 0.6) is 11.5 Å². The number of nitrogens with one attached hydrogen (secondary N) is 2. The van der Waals surface area contributed by atoms with Crippen LogP contribution in [0.25, 0.3) is 0 Å². The van der Waals surface area contributed by atoms with E-state index in [0.29, 0.717) is 10.8 Å². The first kappa shape index (κ1) is 23.4. The van der Waals surface area contributed by atoms with Gasteiger partial charge in [-0.2, -0.15) is 0 Å². The summed E-state index contributed by atoms with van der Waals surface area (Å²) in [6.45, 7) is -0.478. The van der Waals surface area contributed by atoms with Crippen LogP contribution in [-0.4, -0.2) is 49.3 Å². The molecule has 0 aliphatic heterocycles. The van der Waals surface area contributed by atoms with E-state index in [2.05, 4.69) is 10.6 Å². The monoisotopic (exact) mass is 442 g/mol. The van der Waals surface area contributed by atoms with Gasteiger partial charge in [0.05, 0.1) is 6.10 Å². The zero-order chi connectivity index (χ0) is 21.9. The fourth-order valence-corrected chi connectivity index (χ4v) is 2.34. The molecule has 0 aliphatic rings. The summed E-state index contributed by atoms with van der Waals surface area (Å²) in [5.74, 6) is -2.49. The first-order chi connectivity index (χ1) is 14.3. The Kier molecular flexibility index (Phi) is 9.30. The minimum atomic E-state index is -1.08. The Labute approximate surface area is 176 Å². The summed E-state index contributed by atoms with van der Waals surface area (Å²) >= 11 is 5.76. The van der Waals surface area contributed by atoms with Gasteiger partial charge in [0.25, 0.3) is 11.8 Å². The van der Waals surface area contributed by atoms with Crippen LogP contribution < -0.4 is 20.1 Å². The van der Waals surface area contributed by atoms with Gasteiger partial charge >= 0.3 is 0 Å². The minimum Gasteiger partial charge on any atom is -0.484 e. The SMILES string of the molecule is O=C(COc1ccc(Cl)cc1)NCC[C@H](O)CNC(=O)COc1ccc(F)c(F)c1. The summed E-state index contributed by atoms with van der Waals surface area (Å²) in [7, 11) is 0. The predicted octanol–water partition coefficient (Wildman–Crippen LogP) is 2.06. The molecule has 2 aromatic carbocycles. The molecule has 0 saturated heterocycles. The number of carbonyl (C=O) groups is 2. The number of hydrogen-bond acceptors (Lipinski definition) is 5. The van der Waals surface area contributed by atoms with E-state index >= 15 is 0 Å². The molecule has 2 amide bonds. The van der Waals surface area contributed by atoms with Gasteiger partial charge in [0.2, 0.25) is 0 Å². The van der Waals surface area contributed by atoms with Gasteiger partial charge in [0.1, 0.15) is 11.5 Å². The lowest BCUT2D eigenvalue weighted by molar-refractivity contribution is -0.124. The summed E-state index contributed by atoms with van der Waals surface area (Å²) in [4.78, 5) is 23.4. The molecule has 30 heavy (non-hydrogen) atoms. The van der Waals surface area contributed by atoms with E-state index in [1.165, 1.54) is 6.07 Å². The molecular weight excluding hydrogens is 422 g/mol. The van der Waals surface area contributed by atoms with Crippen LogP contribution >= 0.6 is 11.6 Å². The number of halogens is 3. The average Bonchev–Trinajstić information content (AvgIpc) is 2.72. The van der Waals surface area contributed by atoms with Crippen molar-refractivity contribution in [3.05, 3.63) is 59.1 Å². The molecule has 3 N–H and O–H groups in total. The van der Waals surface area contributed by atoms with E-state index < -0.39 is 30.3 Å². The molecule has 0 spiro atoms. The van der Waals surface area contributed by atoms with E-state index in [0.717, 1.165) is 12.1 Å². The quantitative estimate of drug-likeness (QED) is 0.495. The van der Waals surface area contributed by atoms with Crippen LogP contribution in [0.2, 0.25) is 5.02 Å². The molecule has 0 heterocycles. The van der Waals surface area contributed by atoms with Crippen molar-refractivity contribution in [1.82, 2.24) is 10.6 Å². The predicted molar refractivity (Wildman–Crippen MR) is 105 cm³/mol. The average molecular weight is 443 g/mol. The van der Waals surface area contributed by atoms with Crippen molar-refractivity contribution in [2.24, 2.45) is 0 Å². The van der Waals surface area contributed by atoms with E-state index in [4.69, 9.17) is 21.1 Å². The van der Waals surface area contributed by atoms with Gasteiger partial charge in [-0.3, -0.25) is 9.59 Å². The lowest BCUT2D eigenvalue weighted by atomic mass is 10.2. The normalized spacial score (nSPS) is 11.5. The molecule has 0 bridgehead atoms. The fraction of sp³-hybridized carbons (Fsp3) is 0.300. The molecule has 1 atom stereocenters.